The number of phosphoric ester groups is 1. The van der Waals surface area contributed by atoms with Crippen LogP contribution in [-0.2, 0) is 32.7 Å². The predicted molar refractivity (Wildman–Crippen MR) is 268 cm³/mol. The summed E-state index contributed by atoms with van der Waals surface area (Å²) in [6.45, 7) is 4.07. The third-order valence-electron chi connectivity index (χ3n) is 11.1. The average molecular weight is 920 g/mol. The first-order valence-corrected chi connectivity index (χ1v) is 27.5. The number of phosphoric acid groups is 1. The number of hydrogen-bond donors (Lipinski definition) is 0. The van der Waals surface area contributed by atoms with E-state index in [0.29, 0.717) is 17.4 Å². The highest BCUT2D eigenvalue weighted by Crippen LogP contribution is 2.38. The molecule has 0 aliphatic heterocycles. The van der Waals surface area contributed by atoms with E-state index < -0.39 is 26.5 Å². The highest BCUT2D eigenvalue weighted by molar-refractivity contribution is 7.45. The maximum absolute atomic E-state index is 12.7. The second-order valence-electron chi connectivity index (χ2n) is 18.5. The van der Waals surface area contributed by atoms with Gasteiger partial charge in [-0.3, -0.25) is 14.2 Å². The van der Waals surface area contributed by atoms with Crippen molar-refractivity contribution in [3.63, 3.8) is 0 Å². The molecule has 0 rings (SSSR count). The third kappa shape index (κ3) is 49.2. The lowest BCUT2D eigenvalue weighted by Crippen LogP contribution is -2.37. The molecule has 10 heteroatoms. The van der Waals surface area contributed by atoms with Crippen molar-refractivity contribution in [2.75, 3.05) is 47.5 Å². The van der Waals surface area contributed by atoms with Gasteiger partial charge in [0.05, 0.1) is 27.7 Å². The second kappa shape index (κ2) is 45.8. The van der Waals surface area contributed by atoms with Gasteiger partial charge in [-0.05, 0) is 57.8 Å². The van der Waals surface area contributed by atoms with Gasteiger partial charge in [0.15, 0.2) is 6.10 Å². The Labute approximate surface area is 394 Å². The molecule has 0 amide bonds. The number of likely N-dealkylation sites (N-methyl/N-ethyl adjacent to an activating group) is 1. The minimum atomic E-state index is -4.62. The van der Waals surface area contributed by atoms with Crippen LogP contribution in [0.15, 0.2) is 60.8 Å². The Hall–Kier alpha value is -2.29. The van der Waals surface area contributed by atoms with Crippen LogP contribution in [0.3, 0.4) is 0 Å². The zero-order chi connectivity index (χ0) is 47.1. The van der Waals surface area contributed by atoms with Crippen molar-refractivity contribution >= 4 is 19.8 Å². The summed E-state index contributed by atoms with van der Waals surface area (Å²) in [6, 6.07) is 0. The van der Waals surface area contributed by atoms with E-state index >= 15 is 0 Å². The van der Waals surface area contributed by atoms with E-state index in [9.17, 15) is 19.0 Å². The summed E-state index contributed by atoms with van der Waals surface area (Å²) in [5, 5.41) is 0. The zero-order valence-electron chi connectivity index (χ0n) is 42.0. The Kier molecular flexibility index (Phi) is 44.2. The summed E-state index contributed by atoms with van der Waals surface area (Å²) in [7, 11) is 1.17. The number of hydrogen-bond acceptors (Lipinski definition) is 8. The highest BCUT2D eigenvalue weighted by atomic mass is 31.2. The van der Waals surface area contributed by atoms with E-state index in [2.05, 4.69) is 74.6 Å². The number of carbonyl (C=O) groups is 2. The van der Waals surface area contributed by atoms with E-state index in [4.69, 9.17) is 18.5 Å². The van der Waals surface area contributed by atoms with Crippen LogP contribution in [0.1, 0.15) is 219 Å². The number of ether oxygens (including phenoxy) is 2. The fourth-order valence-corrected chi connectivity index (χ4v) is 7.76. The van der Waals surface area contributed by atoms with Gasteiger partial charge >= 0.3 is 11.9 Å². The van der Waals surface area contributed by atoms with Gasteiger partial charge in [0, 0.05) is 12.8 Å². The summed E-state index contributed by atoms with van der Waals surface area (Å²) in [5.74, 6) is -0.836. The lowest BCUT2D eigenvalue weighted by Gasteiger charge is -2.28. The summed E-state index contributed by atoms with van der Waals surface area (Å²) < 4.78 is 33.9. The van der Waals surface area contributed by atoms with Crippen LogP contribution < -0.4 is 4.89 Å². The molecule has 2 atom stereocenters. The molecule has 0 aliphatic rings. The molecule has 0 saturated heterocycles. The fourth-order valence-electron chi connectivity index (χ4n) is 7.04. The van der Waals surface area contributed by atoms with E-state index in [1.807, 2.05) is 21.1 Å². The van der Waals surface area contributed by atoms with Crippen LogP contribution in [0.2, 0.25) is 0 Å². The number of unbranched alkanes of at least 4 members (excludes halogenated alkanes) is 23. The Morgan fingerprint density at radius 2 is 0.891 bits per heavy atom. The summed E-state index contributed by atoms with van der Waals surface area (Å²) in [6.07, 6.45) is 57.3. The lowest BCUT2D eigenvalue weighted by molar-refractivity contribution is -0.870. The van der Waals surface area contributed by atoms with Crippen molar-refractivity contribution in [2.45, 2.75) is 225 Å². The first-order chi connectivity index (χ1) is 31.0. The van der Waals surface area contributed by atoms with E-state index in [1.165, 1.54) is 116 Å². The van der Waals surface area contributed by atoms with Crippen LogP contribution >= 0.6 is 7.82 Å². The summed E-state index contributed by atoms with van der Waals surface area (Å²) in [5.41, 5.74) is 0. The molecule has 0 spiro atoms. The molecule has 0 aromatic rings. The van der Waals surface area contributed by atoms with Crippen molar-refractivity contribution in [1.82, 2.24) is 0 Å². The smallest absolute Gasteiger partial charge is 0.306 e. The predicted octanol–water partition coefficient (Wildman–Crippen LogP) is 15.0. The van der Waals surface area contributed by atoms with Crippen LogP contribution in [0.4, 0.5) is 0 Å². The molecule has 0 bridgehead atoms. The topological polar surface area (TPSA) is 111 Å². The van der Waals surface area contributed by atoms with Crippen LogP contribution in [-0.4, -0.2) is 70.0 Å². The monoisotopic (exact) mass is 920 g/mol. The molecule has 0 aromatic carbocycles. The molecule has 0 radical (unpaired) electrons. The van der Waals surface area contributed by atoms with Gasteiger partial charge in [0.25, 0.3) is 7.82 Å². The zero-order valence-corrected chi connectivity index (χ0v) is 42.9. The van der Waals surface area contributed by atoms with Gasteiger partial charge in [-0.2, -0.15) is 0 Å². The Morgan fingerprint density at radius 3 is 1.33 bits per heavy atom. The Bertz CT molecular complexity index is 1270. The lowest BCUT2D eigenvalue weighted by atomic mass is 10.0. The number of esters is 2. The summed E-state index contributed by atoms with van der Waals surface area (Å²) in [4.78, 5) is 37.4. The standard InChI is InChI=1S/C54H98NO8P/c1-6-8-10-12-14-15-16-17-18-19-20-21-22-23-24-25-26-27-28-29-30-31-32-33-34-35-36-37-38-39-41-43-45-47-54(57)63-52(51-62-64(58,59)61-49-48-55(3,4)5)50-60-53(56)46-44-42-40-13-11-9-7-2/h8,10,14-15,17-18,20-21,23-24,52H,6-7,9,11-13,16,19,22,25-51H2,1-5H3/b10-8-,15-14-,18-17-,21-20-,24-23-. The minimum Gasteiger partial charge on any atom is -0.756 e. The maximum Gasteiger partial charge on any atom is 0.306 e. The third-order valence-corrected chi connectivity index (χ3v) is 12.0. The van der Waals surface area contributed by atoms with Crippen molar-refractivity contribution < 1.29 is 42.1 Å². The Balaban J connectivity index is 3.94. The number of carbonyl (C=O) groups excluding carboxylic acids is 2. The van der Waals surface area contributed by atoms with Gasteiger partial charge in [-0.15, -0.1) is 0 Å². The molecular formula is C54H98NO8P. The quantitative estimate of drug-likeness (QED) is 0.0195. The minimum absolute atomic E-state index is 0.0303. The molecule has 0 saturated carbocycles. The SMILES string of the molecule is CC/C=C\C/C=C\C/C=C\C/C=C\C/C=C\CCCCCCCCCCCCCCCCCCCC(=O)OC(COC(=O)CCCCCCCCC)COP(=O)([O-])OCC[N+](C)(C)C. The van der Waals surface area contributed by atoms with Crippen LogP contribution in [0.25, 0.3) is 0 Å². The number of nitrogens with zero attached hydrogens (tertiary/aromatic N) is 1. The van der Waals surface area contributed by atoms with Gasteiger partial charge in [0.1, 0.15) is 19.8 Å². The first kappa shape index (κ1) is 61.7. The molecule has 64 heavy (non-hydrogen) atoms. The van der Waals surface area contributed by atoms with Gasteiger partial charge in [-0.1, -0.05) is 209 Å². The molecule has 2 unspecified atom stereocenters. The molecule has 0 aromatic heterocycles. The van der Waals surface area contributed by atoms with Crippen molar-refractivity contribution in [2.24, 2.45) is 0 Å². The van der Waals surface area contributed by atoms with Gasteiger partial charge < -0.3 is 27.9 Å². The number of allylic oxidation sites excluding steroid dienone is 10. The Morgan fingerprint density at radius 1 is 0.500 bits per heavy atom. The number of rotatable bonds is 47. The fraction of sp³-hybridized carbons (Fsp3) is 0.778. The number of quaternary nitrogens is 1. The summed E-state index contributed by atoms with van der Waals surface area (Å²) >= 11 is 0. The van der Waals surface area contributed by atoms with Crippen molar-refractivity contribution in [1.29, 1.82) is 0 Å². The second-order valence-corrected chi connectivity index (χ2v) is 19.9. The van der Waals surface area contributed by atoms with E-state index in [1.54, 1.807) is 0 Å². The molecule has 0 heterocycles. The molecule has 0 aliphatic carbocycles. The van der Waals surface area contributed by atoms with E-state index in [0.717, 1.165) is 70.6 Å². The van der Waals surface area contributed by atoms with Crippen molar-refractivity contribution in [3.8, 4) is 0 Å². The van der Waals surface area contributed by atoms with Crippen molar-refractivity contribution in [3.05, 3.63) is 60.8 Å². The van der Waals surface area contributed by atoms with E-state index in [-0.39, 0.29) is 32.0 Å². The molecular weight excluding hydrogens is 822 g/mol. The molecule has 0 fully saturated rings. The molecule has 372 valence electrons. The average Bonchev–Trinajstić information content (AvgIpc) is 3.25. The first-order valence-electron chi connectivity index (χ1n) is 26.0. The van der Waals surface area contributed by atoms with Gasteiger partial charge in [0.2, 0.25) is 0 Å². The highest BCUT2D eigenvalue weighted by Gasteiger charge is 2.21. The largest absolute Gasteiger partial charge is 0.756 e. The molecule has 0 N–H and O–H groups in total. The maximum atomic E-state index is 12.7. The van der Waals surface area contributed by atoms with Crippen LogP contribution in [0.5, 0.6) is 0 Å². The van der Waals surface area contributed by atoms with Crippen LogP contribution in [0, 0.1) is 0 Å². The normalized spacial score (nSPS) is 13.9. The van der Waals surface area contributed by atoms with Gasteiger partial charge in [-0.25, -0.2) is 0 Å². The molecule has 9 nitrogen and oxygen atoms in total.